The van der Waals surface area contributed by atoms with Gasteiger partial charge in [0, 0.05) is 25.5 Å². The maximum absolute atomic E-state index is 14.0. The lowest BCUT2D eigenvalue weighted by Crippen LogP contribution is -2.40. The standard InChI is InChI=1S/C16H17ClFN3O/c17-12-8-15(18)16(20-9-12)21-7-3-5-14(10-21)22-11-13-4-1-2-6-19-13/h1-2,4,6,8-9,14H,3,5,7,10-11H2. The molecule has 0 spiro atoms. The summed E-state index contributed by atoms with van der Waals surface area (Å²) in [6, 6.07) is 7.04. The molecule has 1 aliphatic heterocycles. The van der Waals surface area contributed by atoms with Crippen molar-refractivity contribution in [3.63, 3.8) is 0 Å². The first-order valence-electron chi connectivity index (χ1n) is 7.30. The number of pyridine rings is 2. The zero-order valence-corrected chi connectivity index (χ0v) is 12.8. The minimum absolute atomic E-state index is 0.0487. The monoisotopic (exact) mass is 321 g/mol. The normalized spacial score (nSPS) is 18.5. The fourth-order valence-corrected chi connectivity index (χ4v) is 2.74. The van der Waals surface area contributed by atoms with Gasteiger partial charge in [-0.2, -0.15) is 0 Å². The number of hydrogen-bond donors (Lipinski definition) is 0. The largest absolute Gasteiger partial charge is 0.370 e. The first-order chi connectivity index (χ1) is 10.7. The van der Waals surface area contributed by atoms with Crippen LogP contribution in [0.15, 0.2) is 36.7 Å². The van der Waals surface area contributed by atoms with Crippen LogP contribution in [0.2, 0.25) is 5.02 Å². The van der Waals surface area contributed by atoms with Crippen LogP contribution in [0.25, 0.3) is 0 Å². The van der Waals surface area contributed by atoms with Crippen molar-refractivity contribution in [1.29, 1.82) is 0 Å². The van der Waals surface area contributed by atoms with E-state index < -0.39 is 5.82 Å². The van der Waals surface area contributed by atoms with Gasteiger partial charge in [0.05, 0.1) is 23.4 Å². The van der Waals surface area contributed by atoms with Crippen molar-refractivity contribution in [2.45, 2.75) is 25.6 Å². The molecule has 1 atom stereocenters. The number of nitrogens with zero attached hydrogens (tertiary/aromatic N) is 3. The number of ether oxygens (including phenoxy) is 1. The highest BCUT2D eigenvalue weighted by molar-refractivity contribution is 6.30. The lowest BCUT2D eigenvalue weighted by Gasteiger charge is -2.33. The van der Waals surface area contributed by atoms with E-state index in [0.717, 1.165) is 25.1 Å². The van der Waals surface area contributed by atoms with Gasteiger partial charge < -0.3 is 9.64 Å². The Morgan fingerprint density at radius 1 is 1.36 bits per heavy atom. The molecule has 6 heteroatoms. The molecular weight excluding hydrogens is 305 g/mol. The second kappa shape index (κ2) is 7.03. The van der Waals surface area contributed by atoms with Crippen molar-refractivity contribution in [3.8, 4) is 0 Å². The Hall–Kier alpha value is -1.72. The fraction of sp³-hybridized carbons (Fsp3) is 0.375. The van der Waals surface area contributed by atoms with Crippen LogP contribution in [0.4, 0.5) is 10.2 Å². The minimum Gasteiger partial charge on any atom is -0.370 e. The summed E-state index contributed by atoms with van der Waals surface area (Å²) in [5, 5.41) is 0.307. The summed E-state index contributed by atoms with van der Waals surface area (Å²) in [4.78, 5) is 10.3. The van der Waals surface area contributed by atoms with Gasteiger partial charge in [-0.05, 0) is 31.0 Å². The van der Waals surface area contributed by atoms with Crippen LogP contribution in [-0.4, -0.2) is 29.2 Å². The van der Waals surface area contributed by atoms with Crippen LogP contribution < -0.4 is 4.90 Å². The van der Waals surface area contributed by atoms with Crippen LogP contribution in [0.1, 0.15) is 18.5 Å². The molecule has 1 saturated heterocycles. The zero-order valence-electron chi connectivity index (χ0n) is 12.1. The SMILES string of the molecule is Fc1cc(Cl)cnc1N1CCCC(OCc2ccccn2)C1. The van der Waals surface area contributed by atoms with E-state index in [4.69, 9.17) is 16.3 Å². The smallest absolute Gasteiger partial charge is 0.167 e. The first kappa shape index (κ1) is 15.2. The highest BCUT2D eigenvalue weighted by atomic mass is 35.5. The highest BCUT2D eigenvalue weighted by Gasteiger charge is 2.23. The zero-order chi connectivity index (χ0) is 15.4. The van der Waals surface area contributed by atoms with Gasteiger partial charge in [0.2, 0.25) is 0 Å². The van der Waals surface area contributed by atoms with Gasteiger partial charge >= 0.3 is 0 Å². The first-order valence-corrected chi connectivity index (χ1v) is 7.67. The number of rotatable bonds is 4. The molecular formula is C16H17ClFN3O. The predicted molar refractivity (Wildman–Crippen MR) is 83.5 cm³/mol. The van der Waals surface area contributed by atoms with Gasteiger partial charge in [-0.1, -0.05) is 17.7 Å². The summed E-state index contributed by atoms with van der Waals surface area (Å²) in [6.07, 6.45) is 5.17. The van der Waals surface area contributed by atoms with Gasteiger partial charge in [-0.15, -0.1) is 0 Å². The number of hydrogen-bond acceptors (Lipinski definition) is 4. The molecule has 2 aromatic heterocycles. The predicted octanol–water partition coefficient (Wildman–Crippen LogP) is 3.45. The van der Waals surface area contributed by atoms with Crippen LogP contribution in [0.3, 0.4) is 0 Å². The Labute approximate surface area is 133 Å². The molecule has 0 bridgehead atoms. The maximum atomic E-state index is 14.0. The average molecular weight is 322 g/mol. The molecule has 0 saturated carbocycles. The van der Waals surface area contributed by atoms with Gasteiger partial charge in [0.15, 0.2) is 11.6 Å². The summed E-state index contributed by atoms with van der Waals surface area (Å²) in [7, 11) is 0. The Morgan fingerprint density at radius 3 is 3.05 bits per heavy atom. The molecule has 0 aromatic carbocycles. The van der Waals surface area contributed by atoms with E-state index in [1.807, 2.05) is 23.1 Å². The van der Waals surface area contributed by atoms with Gasteiger partial charge in [-0.3, -0.25) is 4.98 Å². The van der Waals surface area contributed by atoms with E-state index in [1.165, 1.54) is 12.3 Å². The van der Waals surface area contributed by atoms with Gasteiger partial charge in [0.1, 0.15) is 0 Å². The van der Waals surface area contributed by atoms with Gasteiger partial charge in [-0.25, -0.2) is 9.37 Å². The third kappa shape index (κ3) is 3.72. The van der Waals surface area contributed by atoms with Gasteiger partial charge in [0.25, 0.3) is 0 Å². The Balaban J connectivity index is 1.61. The number of piperidine rings is 1. The van der Waals surface area contributed by atoms with E-state index in [-0.39, 0.29) is 6.10 Å². The quantitative estimate of drug-likeness (QED) is 0.864. The maximum Gasteiger partial charge on any atom is 0.167 e. The molecule has 2 aromatic rings. The number of aromatic nitrogens is 2. The Kier molecular flexibility index (Phi) is 4.85. The van der Waals surface area contributed by atoms with Crippen molar-refractivity contribution in [2.75, 3.05) is 18.0 Å². The molecule has 22 heavy (non-hydrogen) atoms. The highest BCUT2D eigenvalue weighted by Crippen LogP contribution is 2.24. The lowest BCUT2D eigenvalue weighted by molar-refractivity contribution is 0.0296. The van der Waals surface area contributed by atoms with Crippen molar-refractivity contribution in [3.05, 3.63) is 53.2 Å². The lowest BCUT2D eigenvalue weighted by atomic mass is 10.1. The summed E-state index contributed by atoms with van der Waals surface area (Å²) >= 11 is 5.75. The minimum atomic E-state index is -0.391. The molecule has 3 rings (SSSR count). The van der Waals surface area contributed by atoms with E-state index in [9.17, 15) is 4.39 Å². The number of anilines is 1. The molecule has 1 aliphatic rings. The molecule has 0 aliphatic carbocycles. The third-order valence-corrected chi connectivity index (χ3v) is 3.87. The van der Waals surface area contributed by atoms with E-state index >= 15 is 0 Å². The van der Waals surface area contributed by atoms with E-state index in [0.29, 0.717) is 24.0 Å². The molecule has 0 radical (unpaired) electrons. The molecule has 4 nitrogen and oxygen atoms in total. The molecule has 0 amide bonds. The second-order valence-electron chi connectivity index (χ2n) is 5.30. The molecule has 0 N–H and O–H groups in total. The molecule has 3 heterocycles. The summed E-state index contributed by atoms with van der Waals surface area (Å²) < 4.78 is 19.9. The topological polar surface area (TPSA) is 38.2 Å². The van der Waals surface area contributed by atoms with Crippen molar-refractivity contribution in [1.82, 2.24) is 9.97 Å². The second-order valence-corrected chi connectivity index (χ2v) is 5.74. The van der Waals surface area contributed by atoms with Crippen LogP contribution in [0, 0.1) is 5.82 Å². The summed E-state index contributed by atoms with van der Waals surface area (Å²) in [5.74, 6) is -0.0478. The van der Waals surface area contributed by atoms with Crippen LogP contribution in [0.5, 0.6) is 0 Å². The third-order valence-electron chi connectivity index (χ3n) is 3.66. The summed E-state index contributed by atoms with van der Waals surface area (Å²) in [5.41, 5.74) is 0.899. The Bertz CT molecular complexity index is 626. The molecule has 116 valence electrons. The molecule has 1 fully saturated rings. The fourth-order valence-electron chi connectivity index (χ4n) is 2.59. The van der Waals surface area contributed by atoms with Crippen molar-refractivity contribution >= 4 is 17.4 Å². The summed E-state index contributed by atoms with van der Waals surface area (Å²) in [6.45, 7) is 1.86. The van der Waals surface area contributed by atoms with E-state index in [2.05, 4.69) is 9.97 Å². The van der Waals surface area contributed by atoms with Crippen molar-refractivity contribution in [2.24, 2.45) is 0 Å². The van der Waals surface area contributed by atoms with Crippen LogP contribution in [-0.2, 0) is 11.3 Å². The van der Waals surface area contributed by atoms with Crippen molar-refractivity contribution < 1.29 is 9.13 Å². The van der Waals surface area contributed by atoms with Crippen LogP contribution >= 0.6 is 11.6 Å². The molecule has 1 unspecified atom stereocenters. The Morgan fingerprint density at radius 2 is 2.27 bits per heavy atom. The van der Waals surface area contributed by atoms with E-state index in [1.54, 1.807) is 6.20 Å². The average Bonchev–Trinajstić information content (AvgIpc) is 2.54. The number of halogens is 2.